The van der Waals surface area contributed by atoms with Crippen molar-refractivity contribution in [1.82, 2.24) is 4.57 Å². The van der Waals surface area contributed by atoms with E-state index in [9.17, 15) is 0 Å². The molecule has 8 aromatic carbocycles. The minimum absolute atomic E-state index is 0.546. The molecule has 0 saturated heterocycles. The normalized spacial score (nSPS) is 16.8. The van der Waals surface area contributed by atoms with E-state index in [1.54, 1.807) is 0 Å². The molecule has 0 amide bonds. The standard InChI is InChI=1S/C63H46N2O/c1-4-17-40(5-2)64-52-26-14-10-22-45(52)59-53(64)27-16-28-54(59)65(41-32-30-38(3)31-33-41)55-37-51-62(58-42-19-7-6-18-39(42)36-47(55)58)61-50(34-35-57-60(61)46-23-11-15-29-56(46)66-57)63(51)48-24-12-8-20-43(48)44-21-9-13-25-49(44)63/h4-8,10-20,22-35,37H,9,21,36H2,1-3H3/b17-4-,40-5+. The molecule has 0 bridgehead atoms. The summed E-state index contributed by atoms with van der Waals surface area (Å²) in [5.41, 5.74) is 26.0. The molecular formula is C63H46N2O. The average Bonchev–Trinajstić information content (AvgIpc) is 4.16. The number of aromatic nitrogens is 1. The number of benzene rings is 8. The number of fused-ring (bicyclic) bond motifs is 20. The van der Waals surface area contributed by atoms with E-state index < -0.39 is 5.41 Å². The first kappa shape index (κ1) is 37.5. The number of anilines is 3. The summed E-state index contributed by atoms with van der Waals surface area (Å²) in [7, 11) is 0. The minimum Gasteiger partial charge on any atom is -0.456 e. The minimum atomic E-state index is -0.546. The van der Waals surface area contributed by atoms with Gasteiger partial charge in [-0.15, -0.1) is 0 Å². The Balaban J connectivity index is 1.18. The number of nitrogens with zero attached hydrogens (tertiary/aromatic N) is 2. The van der Waals surface area contributed by atoms with Crippen LogP contribution in [-0.2, 0) is 11.8 Å². The van der Waals surface area contributed by atoms with Crippen LogP contribution in [0.15, 0.2) is 198 Å². The van der Waals surface area contributed by atoms with Gasteiger partial charge in [0, 0.05) is 39.4 Å². The summed E-state index contributed by atoms with van der Waals surface area (Å²) >= 11 is 0. The van der Waals surface area contributed by atoms with Crippen molar-refractivity contribution in [3.05, 3.63) is 233 Å². The summed E-state index contributed by atoms with van der Waals surface area (Å²) in [6.45, 7) is 6.43. The number of furan rings is 1. The van der Waals surface area contributed by atoms with Gasteiger partial charge in [-0.05, 0) is 155 Å². The second-order valence-corrected chi connectivity index (χ2v) is 18.5. The van der Waals surface area contributed by atoms with E-state index >= 15 is 0 Å². The molecule has 66 heavy (non-hydrogen) atoms. The first-order valence-corrected chi connectivity index (χ1v) is 23.5. The second kappa shape index (κ2) is 13.8. The fraction of sp³-hybridized carbons (Fsp3) is 0.111. The molecule has 2 heterocycles. The van der Waals surface area contributed by atoms with Crippen molar-refractivity contribution in [2.45, 2.75) is 45.4 Å². The Morgan fingerprint density at radius 2 is 1.41 bits per heavy atom. The summed E-state index contributed by atoms with van der Waals surface area (Å²) < 4.78 is 9.21. The predicted octanol–water partition coefficient (Wildman–Crippen LogP) is 16.9. The fourth-order valence-electron chi connectivity index (χ4n) is 12.7. The summed E-state index contributed by atoms with van der Waals surface area (Å²) in [4.78, 5) is 2.61. The van der Waals surface area contributed by atoms with Crippen molar-refractivity contribution in [3.63, 3.8) is 0 Å². The van der Waals surface area contributed by atoms with Crippen molar-refractivity contribution in [2.75, 3.05) is 4.90 Å². The van der Waals surface area contributed by atoms with E-state index in [1.807, 2.05) is 0 Å². The zero-order valence-corrected chi connectivity index (χ0v) is 37.3. The lowest BCUT2D eigenvalue weighted by atomic mass is 9.68. The molecule has 0 radical (unpaired) electrons. The summed E-state index contributed by atoms with van der Waals surface area (Å²) in [5.74, 6) is 0. The van der Waals surface area contributed by atoms with Gasteiger partial charge in [0.15, 0.2) is 0 Å². The first-order chi connectivity index (χ1) is 32.6. The van der Waals surface area contributed by atoms with E-state index in [1.165, 1.54) is 111 Å². The molecule has 1 unspecified atom stereocenters. The van der Waals surface area contributed by atoms with Crippen LogP contribution in [-0.4, -0.2) is 4.57 Å². The Kier molecular flexibility index (Phi) is 7.85. The molecule has 0 fully saturated rings. The molecular weight excluding hydrogens is 801 g/mol. The van der Waals surface area contributed by atoms with Crippen molar-refractivity contribution in [1.29, 1.82) is 0 Å². The monoisotopic (exact) mass is 846 g/mol. The molecule has 10 aromatic rings. The van der Waals surface area contributed by atoms with Crippen molar-refractivity contribution < 1.29 is 4.42 Å². The zero-order chi connectivity index (χ0) is 43.8. The summed E-state index contributed by atoms with van der Waals surface area (Å²) in [6, 6.07) is 59.5. The number of para-hydroxylation sites is 2. The van der Waals surface area contributed by atoms with Crippen LogP contribution < -0.4 is 4.90 Å². The molecule has 2 aromatic heterocycles. The van der Waals surface area contributed by atoms with Crippen LogP contribution in [0.1, 0.15) is 65.6 Å². The third-order valence-electron chi connectivity index (χ3n) is 15.2. The van der Waals surface area contributed by atoms with Crippen LogP contribution in [0.5, 0.6) is 0 Å². The van der Waals surface area contributed by atoms with Crippen molar-refractivity contribution in [2.24, 2.45) is 0 Å². The molecule has 0 N–H and O–H groups in total. The molecule has 1 atom stereocenters. The highest BCUT2D eigenvalue weighted by Crippen LogP contribution is 2.68. The molecule has 1 spiro atoms. The van der Waals surface area contributed by atoms with Gasteiger partial charge in [0.2, 0.25) is 0 Å². The molecule has 4 aliphatic carbocycles. The van der Waals surface area contributed by atoms with Gasteiger partial charge in [-0.3, -0.25) is 0 Å². The SMILES string of the molecule is C/C=C\C(=C/C)n1c2ccccc2c2c(N(c3ccc(C)cc3)c3cc4c(c5c3Cc3ccccc3-5)-c3c(ccc5oc6ccccc6c35)C43C4=C(CCC=C4)c4ccccc43)cccc21. The molecule has 4 aliphatic rings. The van der Waals surface area contributed by atoms with Gasteiger partial charge in [0.05, 0.1) is 27.8 Å². The van der Waals surface area contributed by atoms with Crippen LogP contribution >= 0.6 is 0 Å². The molecule has 0 saturated carbocycles. The highest BCUT2D eigenvalue weighted by molar-refractivity contribution is 6.21. The van der Waals surface area contributed by atoms with E-state index in [4.69, 9.17) is 4.42 Å². The topological polar surface area (TPSA) is 21.3 Å². The molecule has 14 rings (SSSR count). The lowest BCUT2D eigenvalue weighted by molar-refractivity contribution is 0.668. The van der Waals surface area contributed by atoms with Gasteiger partial charge in [0.25, 0.3) is 0 Å². The number of hydrogen-bond acceptors (Lipinski definition) is 2. The fourth-order valence-corrected chi connectivity index (χ4v) is 12.7. The highest BCUT2D eigenvalue weighted by Gasteiger charge is 2.55. The Morgan fingerprint density at radius 1 is 0.636 bits per heavy atom. The Hall–Kier alpha value is -7.88. The number of rotatable bonds is 5. The maximum Gasteiger partial charge on any atom is 0.136 e. The second-order valence-electron chi connectivity index (χ2n) is 18.5. The van der Waals surface area contributed by atoms with Crippen LogP contribution in [0.2, 0.25) is 0 Å². The van der Waals surface area contributed by atoms with Gasteiger partial charge in [-0.2, -0.15) is 0 Å². The van der Waals surface area contributed by atoms with Crippen LogP contribution in [0.4, 0.5) is 17.1 Å². The Bertz CT molecular complexity index is 3880. The number of hydrogen-bond donors (Lipinski definition) is 0. The number of aryl methyl sites for hydroxylation is 1. The van der Waals surface area contributed by atoms with Crippen molar-refractivity contribution >= 4 is 72.1 Å². The van der Waals surface area contributed by atoms with Gasteiger partial charge >= 0.3 is 0 Å². The van der Waals surface area contributed by atoms with Gasteiger partial charge in [0.1, 0.15) is 11.2 Å². The van der Waals surface area contributed by atoms with E-state index in [2.05, 4.69) is 218 Å². The first-order valence-electron chi connectivity index (χ1n) is 23.5. The number of allylic oxidation sites excluding steroid dienone is 8. The summed E-state index contributed by atoms with van der Waals surface area (Å²) in [6.07, 6.45) is 14.4. The Morgan fingerprint density at radius 3 is 2.27 bits per heavy atom. The Labute approximate surface area is 384 Å². The van der Waals surface area contributed by atoms with Crippen LogP contribution in [0.3, 0.4) is 0 Å². The summed E-state index contributed by atoms with van der Waals surface area (Å²) in [5, 5.41) is 4.84. The van der Waals surface area contributed by atoms with Crippen LogP contribution in [0, 0.1) is 6.92 Å². The van der Waals surface area contributed by atoms with Gasteiger partial charge in [-0.1, -0.05) is 139 Å². The molecule has 3 heteroatoms. The third-order valence-corrected chi connectivity index (χ3v) is 15.2. The molecule has 314 valence electrons. The average molecular weight is 847 g/mol. The quantitative estimate of drug-likeness (QED) is 0.161. The van der Waals surface area contributed by atoms with E-state index in [0.717, 1.165) is 47.5 Å². The lowest BCUT2D eigenvalue weighted by Crippen LogP contribution is -2.27. The molecule has 0 aliphatic heterocycles. The maximum atomic E-state index is 6.77. The van der Waals surface area contributed by atoms with E-state index in [0.29, 0.717) is 0 Å². The third kappa shape index (κ3) is 4.77. The molecule has 3 nitrogen and oxygen atoms in total. The van der Waals surface area contributed by atoms with Gasteiger partial charge in [-0.25, -0.2) is 0 Å². The van der Waals surface area contributed by atoms with E-state index in [-0.39, 0.29) is 0 Å². The predicted molar refractivity (Wildman–Crippen MR) is 276 cm³/mol. The van der Waals surface area contributed by atoms with Crippen molar-refractivity contribution in [3.8, 4) is 22.3 Å². The smallest absolute Gasteiger partial charge is 0.136 e. The van der Waals surface area contributed by atoms with Gasteiger partial charge < -0.3 is 13.9 Å². The van der Waals surface area contributed by atoms with Crippen LogP contribution in [0.25, 0.3) is 77.3 Å². The zero-order valence-electron chi connectivity index (χ0n) is 37.3. The lowest BCUT2D eigenvalue weighted by Gasteiger charge is -2.35. The maximum absolute atomic E-state index is 6.77. The highest BCUT2D eigenvalue weighted by atomic mass is 16.3. The largest absolute Gasteiger partial charge is 0.456 e.